The lowest BCUT2D eigenvalue weighted by Crippen LogP contribution is -2.47. The number of anilines is 1. The Morgan fingerprint density at radius 2 is 1.78 bits per heavy atom. The molecular weight excluding hydrogens is 439 g/mol. The Morgan fingerprint density at radius 1 is 1.09 bits per heavy atom. The van der Waals surface area contributed by atoms with Gasteiger partial charge in [0.15, 0.2) is 0 Å². The van der Waals surface area contributed by atoms with Gasteiger partial charge in [0, 0.05) is 22.4 Å². The Hall–Kier alpha value is -1.74. The van der Waals surface area contributed by atoms with Crippen molar-refractivity contribution in [1.29, 1.82) is 0 Å². The molecule has 1 amide bonds. The van der Waals surface area contributed by atoms with Gasteiger partial charge in [0.2, 0.25) is 5.91 Å². The molecule has 2 aromatic carbocycles. The lowest BCUT2D eigenvalue weighted by Gasteiger charge is -2.38. The summed E-state index contributed by atoms with van der Waals surface area (Å²) < 4.78 is 6.05. The van der Waals surface area contributed by atoms with E-state index in [4.69, 9.17) is 16.3 Å². The number of rotatable bonds is 6. The number of carbonyl (C=O) groups is 1. The number of nitrogens with one attached hydrogen (secondary N) is 1. The van der Waals surface area contributed by atoms with Crippen LogP contribution < -0.4 is 10.1 Å². The van der Waals surface area contributed by atoms with Crippen LogP contribution in [-0.2, 0) is 15.4 Å². The molecule has 2 aromatic rings. The zero-order chi connectivity index (χ0) is 22.6. The number of nitrogens with zero attached hydrogens (tertiary/aromatic N) is 1. The molecule has 0 bridgehead atoms. The summed E-state index contributed by atoms with van der Waals surface area (Å²) >= 11 is 6.22. The summed E-state index contributed by atoms with van der Waals surface area (Å²) in [5.74, 6) is 1.05. The number of piperidine rings is 1. The largest absolute Gasteiger partial charge is 0.492 e. The standard InChI is InChI=1S/C26H32ClN2O2P/c1-32(2,3)26(10-11-26)19-4-7-21(8-5-19)31-17-16-29-14-12-25(13-15-29)22-18-20(27)6-9-23(22)28-24(25)30/h4-9,18H,1,10-17H2,2-3H3,(H,28,30). The molecule has 2 fully saturated rings. The minimum absolute atomic E-state index is 0.118. The minimum Gasteiger partial charge on any atom is -0.492 e. The van der Waals surface area contributed by atoms with Gasteiger partial charge in [-0.1, -0.05) is 23.7 Å². The molecule has 1 N–H and O–H groups in total. The van der Waals surface area contributed by atoms with Crippen molar-refractivity contribution in [1.82, 2.24) is 4.90 Å². The molecule has 1 spiro atoms. The van der Waals surface area contributed by atoms with Crippen molar-refractivity contribution in [2.24, 2.45) is 0 Å². The Labute approximate surface area is 196 Å². The van der Waals surface area contributed by atoms with Crippen LogP contribution in [0.2, 0.25) is 5.02 Å². The van der Waals surface area contributed by atoms with Gasteiger partial charge in [0.05, 0.1) is 5.41 Å². The van der Waals surface area contributed by atoms with E-state index in [1.54, 1.807) is 0 Å². The van der Waals surface area contributed by atoms with Gasteiger partial charge in [-0.25, -0.2) is 0 Å². The van der Waals surface area contributed by atoms with E-state index in [1.807, 2.05) is 18.2 Å². The van der Waals surface area contributed by atoms with E-state index in [-0.39, 0.29) is 5.91 Å². The monoisotopic (exact) mass is 470 g/mol. The fourth-order valence-corrected chi connectivity index (χ4v) is 7.90. The maximum atomic E-state index is 12.8. The van der Waals surface area contributed by atoms with Crippen molar-refractivity contribution < 1.29 is 9.53 Å². The van der Waals surface area contributed by atoms with Crippen LogP contribution in [0.5, 0.6) is 5.75 Å². The minimum atomic E-state index is -1.16. The molecule has 32 heavy (non-hydrogen) atoms. The van der Waals surface area contributed by atoms with Crippen LogP contribution in [0.25, 0.3) is 0 Å². The molecule has 0 atom stereocenters. The lowest BCUT2D eigenvalue weighted by atomic mass is 9.73. The van der Waals surface area contributed by atoms with E-state index in [1.165, 1.54) is 18.4 Å². The molecule has 6 heteroatoms. The van der Waals surface area contributed by atoms with Gasteiger partial charge >= 0.3 is 0 Å². The highest BCUT2D eigenvalue weighted by atomic mass is 35.5. The molecule has 1 aliphatic carbocycles. The highest BCUT2D eigenvalue weighted by Gasteiger charge is 2.49. The van der Waals surface area contributed by atoms with E-state index in [0.29, 0.717) is 16.8 Å². The molecule has 2 heterocycles. The van der Waals surface area contributed by atoms with E-state index < -0.39 is 12.3 Å². The first kappa shape index (κ1) is 22.1. The highest BCUT2D eigenvalue weighted by molar-refractivity contribution is 7.73. The Balaban J connectivity index is 1.15. The summed E-state index contributed by atoms with van der Waals surface area (Å²) in [4.78, 5) is 15.2. The average Bonchev–Trinajstić information content (AvgIpc) is 3.54. The van der Waals surface area contributed by atoms with E-state index >= 15 is 0 Å². The predicted octanol–water partition coefficient (Wildman–Crippen LogP) is 5.40. The number of ether oxygens (including phenoxy) is 1. The van der Waals surface area contributed by atoms with Gasteiger partial charge in [-0.2, -0.15) is 0 Å². The summed E-state index contributed by atoms with van der Waals surface area (Å²) in [6.07, 6.45) is 8.65. The number of hydrogen-bond donors (Lipinski definition) is 1. The predicted molar refractivity (Wildman–Crippen MR) is 136 cm³/mol. The van der Waals surface area contributed by atoms with Crippen LogP contribution in [0.4, 0.5) is 5.69 Å². The van der Waals surface area contributed by atoms with Gasteiger partial charge in [-0.15, -0.1) is 13.2 Å². The first-order valence-corrected chi connectivity index (χ1v) is 14.7. The third kappa shape index (κ3) is 3.71. The van der Waals surface area contributed by atoms with Crippen LogP contribution in [0.1, 0.15) is 36.8 Å². The van der Waals surface area contributed by atoms with E-state index in [2.05, 4.69) is 54.1 Å². The summed E-state index contributed by atoms with van der Waals surface area (Å²) in [5.41, 5.74) is 2.97. The normalized spacial score (nSPS) is 21.3. The summed E-state index contributed by atoms with van der Waals surface area (Å²) in [6, 6.07) is 14.4. The van der Waals surface area contributed by atoms with E-state index in [0.717, 1.165) is 49.5 Å². The second-order valence-corrected chi connectivity index (χ2v) is 14.8. The number of likely N-dealkylation sites (tertiary alicyclic amines) is 1. The quantitative estimate of drug-likeness (QED) is 0.574. The molecule has 0 aromatic heterocycles. The van der Waals surface area contributed by atoms with Crippen LogP contribution in [0.3, 0.4) is 0 Å². The second kappa shape index (κ2) is 7.94. The van der Waals surface area contributed by atoms with Crippen LogP contribution >= 0.6 is 18.5 Å². The smallest absolute Gasteiger partial charge is 0.235 e. The van der Waals surface area contributed by atoms with Crippen molar-refractivity contribution in [3.63, 3.8) is 0 Å². The number of fused-ring (bicyclic) bond motifs is 2. The first-order valence-electron chi connectivity index (χ1n) is 11.5. The second-order valence-electron chi connectivity index (χ2n) is 10.2. The number of hydrogen-bond acceptors (Lipinski definition) is 3. The molecular formula is C26H32ClN2O2P. The SMILES string of the molecule is C=P(C)(C)C1(c2ccc(OCCN3CCC4(CC3)C(=O)Nc3ccc(Cl)cc34)cc2)CC1. The topological polar surface area (TPSA) is 41.6 Å². The summed E-state index contributed by atoms with van der Waals surface area (Å²) in [7, 11) is 0. The van der Waals surface area contributed by atoms with Gasteiger partial charge in [-0.3, -0.25) is 9.69 Å². The van der Waals surface area contributed by atoms with E-state index in [9.17, 15) is 4.79 Å². The van der Waals surface area contributed by atoms with Gasteiger partial charge in [-0.05, 0) is 93.6 Å². The summed E-state index contributed by atoms with van der Waals surface area (Å²) in [6.45, 7) is 6.81. The number of halogens is 1. The highest BCUT2D eigenvalue weighted by Crippen LogP contribution is 2.71. The fourth-order valence-electron chi connectivity index (χ4n) is 5.56. The number of carbonyl (C=O) groups excluding carboxylic acids is 1. The Kier molecular flexibility index (Phi) is 5.47. The third-order valence-electron chi connectivity index (χ3n) is 7.84. The molecule has 3 aliphatic rings. The van der Waals surface area contributed by atoms with Crippen molar-refractivity contribution >= 4 is 36.4 Å². The molecule has 2 aliphatic heterocycles. The molecule has 170 valence electrons. The molecule has 1 saturated heterocycles. The zero-order valence-electron chi connectivity index (χ0n) is 19.0. The van der Waals surface area contributed by atoms with Crippen molar-refractivity contribution in [3.8, 4) is 5.75 Å². The molecule has 0 unspecified atom stereocenters. The van der Waals surface area contributed by atoms with Gasteiger partial charge < -0.3 is 10.1 Å². The maximum absolute atomic E-state index is 12.8. The molecule has 4 nitrogen and oxygen atoms in total. The molecule has 0 radical (unpaired) electrons. The lowest BCUT2D eigenvalue weighted by molar-refractivity contribution is -0.122. The number of benzene rings is 2. The van der Waals surface area contributed by atoms with Crippen molar-refractivity contribution in [2.45, 2.75) is 36.3 Å². The Bertz CT molecular complexity index is 1080. The maximum Gasteiger partial charge on any atom is 0.235 e. The van der Waals surface area contributed by atoms with Crippen LogP contribution in [0.15, 0.2) is 42.5 Å². The summed E-state index contributed by atoms with van der Waals surface area (Å²) in [5, 5.41) is 4.08. The van der Waals surface area contributed by atoms with Crippen LogP contribution in [-0.4, -0.2) is 56.7 Å². The third-order valence-corrected chi connectivity index (χ3v) is 11.1. The van der Waals surface area contributed by atoms with Crippen LogP contribution in [0, 0.1) is 0 Å². The number of amides is 1. The molecule has 1 saturated carbocycles. The van der Waals surface area contributed by atoms with Crippen molar-refractivity contribution in [3.05, 3.63) is 58.6 Å². The fraction of sp³-hybridized carbons (Fsp3) is 0.462. The first-order chi connectivity index (χ1) is 15.2. The zero-order valence-corrected chi connectivity index (χ0v) is 20.6. The van der Waals surface area contributed by atoms with Gasteiger partial charge in [0.25, 0.3) is 0 Å². The van der Waals surface area contributed by atoms with Gasteiger partial charge in [0.1, 0.15) is 12.4 Å². The molecule has 5 rings (SSSR count). The average molecular weight is 471 g/mol. The Morgan fingerprint density at radius 3 is 2.41 bits per heavy atom. The van der Waals surface area contributed by atoms with Crippen molar-refractivity contribution in [2.75, 3.05) is 44.9 Å².